The molecular formula is C11H13BrN2S. The molecule has 0 saturated heterocycles. The van der Waals surface area contributed by atoms with Crippen molar-refractivity contribution in [1.29, 1.82) is 0 Å². The third-order valence-corrected chi connectivity index (χ3v) is 3.67. The quantitative estimate of drug-likeness (QED) is 0.920. The summed E-state index contributed by atoms with van der Waals surface area (Å²) < 4.78 is 2.38. The maximum atomic E-state index is 4.60. The first-order chi connectivity index (χ1) is 7.24. The third kappa shape index (κ3) is 2.16. The number of aromatic nitrogens is 1. The highest BCUT2D eigenvalue weighted by Gasteiger charge is 2.07. The molecule has 2 rings (SSSR count). The lowest BCUT2D eigenvalue weighted by Gasteiger charge is -1.98. The lowest BCUT2D eigenvalue weighted by molar-refractivity contribution is 1.14. The lowest BCUT2D eigenvalue weighted by atomic mass is 10.1. The number of nitrogens with zero attached hydrogens (tertiary/aromatic N) is 1. The topological polar surface area (TPSA) is 24.9 Å². The molecule has 0 spiro atoms. The van der Waals surface area contributed by atoms with Gasteiger partial charge in [-0.05, 0) is 31.0 Å². The van der Waals surface area contributed by atoms with E-state index < -0.39 is 0 Å². The fourth-order valence-electron chi connectivity index (χ4n) is 1.56. The van der Waals surface area contributed by atoms with Gasteiger partial charge in [0.1, 0.15) is 0 Å². The van der Waals surface area contributed by atoms with Gasteiger partial charge in [-0.2, -0.15) is 0 Å². The van der Waals surface area contributed by atoms with Crippen molar-refractivity contribution in [2.24, 2.45) is 0 Å². The van der Waals surface area contributed by atoms with Crippen LogP contribution in [-0.2, 0) is 6.42 Å². The first kappa shape index (κ1) is 10.9. The minimum Gasteiger partial charge on any atom is -0.362 e. The number of nitrogens with one attached hydrogen (secondary N) is 1. The molecule has 0 saturated carbocycles. The number of hydrogen-bond acceptors (Lipinski definition) is 3. The minimum absolute atomic E-state index is 0.919. The molecule has 80 valence electrons. The van der Waals surface area contributed by atoms with Crippen molar-refractivity contribution in [2.75, 3.05) is 11.9 Å². The van der Waals surface area contributed by atoms with Crippen molar-refractivity contribution in [3.63, 3.8) is 0 Å². The van der Waals surface area contributed by atoms with Crippen molar-refractivity contribution in [3.05, 3.63) is 22.2 Å². The average molecular weight is 285 g/mol. The summed E-state index contributed by atoms with van der Waals surface area (Å²) in [5.41, 5.74) is 2.45. The van der Waals surface area contributed by atoms with E-state index in [9.17, 15) is 0 Å². The number of benzene rings is 1. The monoisotopic (exact) mass is 284 g/mol. The van der Waals surface area contributed by atoms with E-state index in [4.69, 9.17) is 0 Å². The number of thiazole rings is 1. The molecule has 0 amide bonds. The average Bonchev–Trinajstić information content (AvgIpc) is 2.59. The molecule has 0 bridgehead atoms. The number of rotatable bonds is 3. The zero-order valence-corrected chi connectivity index (χ0v) is 11.2. The highest BCUT2D eigenvalue weighted by Crippen LogP contribution is 2.31. The summed E-state index contributed by atoms with van der Waals surface area (Å²) in [5.74, 6) is 0. The van der Waals surface area contributed by atoms with Crippen molar-refractivity contribution in [3.8, 4) is 0 Å². The Morgan fingerprint density at radius 3 is 2.87 bits per heavy atom. The summed E-state index contributed by atoms with van der Waals surface area (Å²) >= 11 is 5.24. The maximum absolute atomic E-state index is 4.60. The van der Waals surface area contributed by atoms with Crippen LogP contribution in [0.1, 0.15) is 19.4 Å². The first-order valence-electron chi connectivity index (χ1n) is 5.07. The van der Waals surface area contributed by atoms with Crippen LogP contribution in [0.4, 0.5) is 5.13 Å². The van der Waals surface area contributed by atoms with Crippen LogP contribution in [0.25, 0.3) is 10.2 Å². The van der Waals surface area contributed by atoms with Gasteiger partial charge < -0.3 is 5.32 Å². The van der Waals surface area contributed by atoms with Crippen molar-refractivity contribution >= 4 is 42.6 Å². The maximum Gasteiger partial charge on any atom is 0.183 e. The van der Waals surface area contributed by atoms with Gasteiger partial charge in [-0.1, -0.05) is 34.2 Å². The molecule has 4 heteroatoms. The van der Waals surface area contributed by atoms with E-state index in [1.54, 1.807) is 11.3 Å². The van der Waals surface area contributed by atoms with Gasteiger partial charge in [0, 0.05) is 11.0 Å². The number of anilines is 1. The molecule has 2 nitrogen and oxygen atoms in total. The van der Waals surface area contributed by atoms with E-state index in [-0.39, 0.29) is 0 Å². The summed E-state index contributed by atoms with van der Waals surface area (Å²) in [7, 11) is 0. The summed E-state index contributed by atoms with van der Waals surface area (Å²) in [4.78, 5) is 4.60. The number of hydrogen-bond donors (Lipinski definition) is 1. The Kier molecular flexibility index (Phi) is 3.26. The number of fused-ring (bicyclic) bond motifs is 1. The summed E-state index contributed by atoms with van der Waals surface area (Å²) in [6.07, 6.45) is 1.02. The summed E-state index contributed by atoms with van der Waals surface area (Å²) in [6, 6.07) is 4.28. The lowest BCUT2D eigenvalue weighted by Crippen LogP contribution is -1.94. The molecule has 0 aliphatic heterocycles. The normalized spacial score (nSPS) is 10.9. The molecule has 1 N–H and O–H groups in total. The highest BCUT2D eigenvalue weighted by atomic mass is 79.9. The molecule has 0 aliphatic carbocycles. The Morgan fingerprint density at radius 1 is 1.40 bits per heavy atom. The number of halogens is 1. The Balaban J connectivity index is 2.58. The van der Waals surface area contributed by atoms with E-state index >= 15 is 0 Å². The van der Waals surface area contributed by atoms with Gasteiger partial charge in [-0.3, -0.25) is 0 Å². The second kappa shape index (κ2) is 4.49. The van der Waals surface area contributed by atoms with E-state index in [1.165, 1.54) is 10.3 Å². The van der Waals surface area contributed by atoms with Gasteiger partial charge in [-0.25, -0.2) is 4.98 Å². The highest BCUT2D eigenvalue weighted by molar-refractivity contribution is 9.10. The van der Waals surface area contributed by atoms with Crippen molar-refractivity contribution < 1.29 is 0 Å². The zero-order chi connectivity index (χ0) is 10.8. The van der Waals surface area contributed by atoms with E-state index in [0.29, 0.717) is 0 Å². The minimum atomic E-state index is 0.919. The van der Waals surface area contributed by atoms with Crippen LogP contribution >= 0.6 is 27.3 Å². The number of aryl methyl sites for hydroxylation is 1. The van der Waals surface area contributed by atoms with Gasteiger partial charge in [0.15, 0.2) is 5.13 Å². The Labute approximate surface area is 102 Å². The van der Waals surface area contributed by atoms with Gasteiger partial charge in [0.05, 0.1) is 10.2 Å². The Morgan fingerprint density at radius 2 is 2.20 bits per heavy atom. The standard InChI is InChI=1S/C11H13BrN2S/c1-3-7-5-8(12)6-9-10(7)14-11(15-9)13-4-2/h5-6H,3-4H2,1-2H3,(H,13,14). The van der Waals surface area contributed by atoms with Crippen LogP contribution in [0.5, 0.6) is 0 Å². The van der Waals surface area contributed by atoms with Crippen LogP contribution in [-0.4, -0.2) is 11.5 Å². The molecule has 1 heterocycles. The molecule has 0 aliphatic rings. The third-order valence-electron chi connectivity index (χ3n) is 2.25. The molecule has 0 unspecified atom stereocenters. The van der Waals surface area contributed by atoms with Crippen LogP contribution in [0.3, 0.4) is 0 Å². The molecule has 1 aromatic heterocycles. The fraction of sp³-hybridized carbons (Fsp3) is 0.364. The second-order valence-corrected chi connectivity index (χ2v) is 5.26. The molecular weight excluding hydrogens is 272 g/mol. The fourth-order valence-corrected chi connectivity index (χ4v) is 3.24. The predicted molar refractivity (Wildman–Crippen MR) is 70.9 cm³/mol. The largest absolute Gasteiger partial charge is 0.362 e. The van der Waals surface area contributed by atoms with E-state index in [2.05, 4.69) is 52.2 Å². The van der Waals surface area contributed by atoms with Gasteiger partial charge in [0.25, 0.3) is 0 Å². The van der Waals surface area contributed by atoms with Gasteiger partial charge in [-0.15, -0.1) is 0 Å². The molecule has 0 fully saturated rings. The van der Waals surface area contributed by atoms with Gasteiger partial charge in [0.2, 0.25) is 0 Å². The SMILES string of the molecule is CCNc1nc2c(CC)cc(Br)cc2s1. The smallest absolute Gasteiger partial charge is 0.183 e. The van der Waals surface area contributed by atoms with Crippen LogP contribution < -0.4 is 5.32 Å². The zero-order valence-electron chi connectivity index (χ0n) is 8.80. The van der Waals surface area contributed by atoms with Crippen LogP contribution in [0.15, 0.2) is 16.6 Å². The molecule has 0 radical (unpaired) electrons. The Bertz CT molecular complexity index is 479. The second-order valence-electron chi connectivity index (χ2n) is 3.31. The van der Waals surface area contributed by atoms with E-state index in [1.807, 2.05) is 0 Å². The van der Waals surface area contributed by atoms with Crippen LogP contribution in [0.2, 0.25) is 0 Å². The van der Waals surface area contributed by atoms with Gasteiger partial charge >= 0.3 is 0 Å². The summed E-state index contributed by atoms with van der Waals surface area (Å²) in [5, 5.41) is 4.27. The molecule has 0 atom stereocenters. The first-order valence-corrected chi connectivity index (χ1v) is 6.68. The molecule has 1 aromatic carbocycles. The predicted octanol–water partition coefficient (Wildman–Crippen LogP) is 4.05. The molecule has 15 heavy (non-hydrogen) atoms. The van der Waals surface area contributed by atoms with E-state index in [0.717, 1.165) is 28.1 Å². The Hall–Kier alpha value is -0.610. The summed E-state index contributed by atoms with van der Waals surface area (Å²) in [6.45, 7) is 5.17. The molecule has 2 aromatic rings. The van der Waals surface area contributed by atoms with Crippen molar-refractivity contribution in [1.82, 2.24) is 4.98 Å². The van der Waals surface area contributed by atoms with Crippen molar-refractivity contribution in [2.45, 2.75) is 20.3 Å². The van der Waals surface area contributed by atoms with Crippen LogP contribution in [0, 0.1) is 0 Å².